The molecule has 0 aliphatic rings. The molecule has 0 aliphatic carbocycles. The first-order valence-corrected chi connectivity index (χ1v) is 6.60. The third-order valence-electron chi connectivity index (χ3n) is 1.76. The van der Waals surface area contributed by atoms with Crippen molar-refractivity contribution < 1.29 is 8.42 Å². The Labute approximate surface area is 95.8 Å². The molecule has 78 valence electrons. The Kier molecular flexibility index (Phi) is 3.36. The molecule has 0 radical (unpaired) electrons. The van der Waals surface area contributed by atoms with E-state index in [4.69, 9.17) is 0 Å². The zero-order chi connectivity index (χ0) is 10.9. The van der Waals surface area contributed by atoms with Gasteiger partial charge in [-0.1, -0.05) is 0 Å². The minimum atomic E-state index is -3.48. The van der Waals surface area contributed by atoms with Crippen LogP contribution in [0.25, 0.3) is 0 Å². The number of nitrogens with one attached hydrogen (secondary N) is 1. The van der Waals surface area contributed by atoms with Crippen LogP contribution in [0.2, 0.25) is 0 Å². The van der Waals surface area contributed by atoms with E-state index in [1.807, 2.05) is 22.6 Å². The van der Waals surface area contributed by atoms with Crippen LogP contribution in [0, 0.1) is 3.57 Å². The molecule has 0 fully saturated rings. The minimum absolute atomic E-state index is 0.153. The number of pyridine rings is 1. The van der Waals surface area contributed by atoms with Gasteiger partial charge in [0.25, 0.3) is 5.56 Å². The van der Waals surface area contributed by atoms with Gasteiger partial charge in [0, 0.05) is 9.77 Å². The van der Waals surface area contributed by atoms with Gasteiger partial charge in [0.15, 0.2) is 9.84 Å². The van der Waals surface area contributed by atoms with E-state index in [0.717, 1.165) is 0 Å². The van der Waals surface area contributed by atoms with Crippen LogP contribution < -0.4 is 5.56 Å². The van der Waals surface area contributed by atoms with E-state index in [-0.39, 0.29) is 4.90 Å². The molecule has 0 bridgehead atoms. The van der Waals surface area contributed by atoms with Crippen LogP contribution in [0.4, 0.5) is 0 Å². The Bertz CT molecular complexity index is 490. The Morgan fingerprint density at radius 2 is 2.00 bits per heavy atom. The van der Waals surface area contributed by atoms with Crippen molar-refractivity contribution in [3.05, 3.63) is 26.2 Å². The van der Waals surface area contributed by atoms with Gasteiger partial charge in [0.05, 0.1) is 5.25 Å². The maximum Gasteiger partial charge on any atom is 0.266 e. The van der Waals surface area contributed by atoms with Crippen LogP contribution in [0.1, 0.15) is 13.8 Å². The second-order valence-corrected chi connectivity index (χ2v) is 6.82. The van der Waals surface area contributed by atoms with Crippen LogP contribution in [-0.2, 0) is 9.84 Å². The summed E-state index contributed by atoms with van der Waals surface area (Å²) in [5.41, 5.74) is -0.556. The molecule has 14 heavy (non-hydrogen) atoms. The maximum atomic E-state index is 11.7. The van der Waals surface area contributed by atoms with E-state index >= 15 is 0 Å². The van der Waals surface area contributed by atoms with E-state index in [2.05, 4.69) is 4.98 Å². The number of halogens is 1. The lowest BCUT2D eigenvalue weighted by Gasteiger charge is -2.06. The summed E-state index contributed by atoms with van der Waals surface area (Å²) in [4.78, 5) is 13.5. The Morgan fingerprint density at radius 3 is 2.50 bits per heavy atom. The first-order chi connectivity index (χ1) is 6.35. The van der Waals surface area contributed by atoms with Gasteiger partial charge in [0.2, 0.25) is 0 Å². The smallest absolute Gasteiger partial charge is 0.266 e. The van der Waals surface area contributed by atoms with Gasteiger partial charge >= 0.3 is 0 Å². The van der Waals surface area contributed by atoms with Crippen molar-refractivity contribution in [2.24, 2.45) is 0 Å². The van der Waals surface area contributed by atoms with Crippen LogP contribution in [0.3, 0.4) is 0 Å². The number of aromatic amines is 1. The van der Waals surface area contributed by atoms with Gasteiger partial charge in [0.1, 0.15) is 4.90 Å². The van der Waals surface area contributed by atoms with Gasteiger partial charge in [-0.15, -0.1) is 0 Å². The second kappa shape index (κ2) is 4.01. The molecule has 1 aromatic heterocycles. The molecular weight excluding hydrogens is 317 g/mol. The van der Waals surface area contributed by atoms with Crippen molar-refractivity contribution in [3.8, 4) is 0 Å². The van der Waals surface area contributed by atoms with E-state index < -0.39 is 20.6 Å². The Morgan fingerprint density at radius 1 is 1.43 bits per heavy atom. The monoisotopic (exact) mass is 327 g/mol. The summed E-state index contributed by atoms with van der Waals surface area (Å²) in [5, 5.41) is -0.582. The molecule has 1 aromatic rings. The molecule has 0 amide bonds. The van der Waals surface area contributed by atoms with Crippen LogP contribution in [0.5, 0.6) is 0 Å². The normalized spacial score (nSPS) is 12.0. The standard InChI is InChI=1S/C8H10INO3S/c1-5(2)14(12,13)7-3-6(9)4-10-8(7)11/h3-5H,1-2H3,(H,10,11). The summed E-state index contributed by atoms with van der Waals surface area (Å²) in [6.45, 7) is 3.10. The number of hydrogen-bond donors (Lipinski definition) is 1. The predicted octanol–water partition coefficient (Wildman–Crippen LogP) is 1.16. The molecule has 0 unspecified atom stereocenters. The largest absolute Gasteiger partial charge is 0.327 e. The molecule has 0 atom stereocenters. The molecule has 0 aliphatic heterocycles. The highest BCUT2D eigenvalue weighted by molar-refractivity contribution is 14.1. The molecule has 6 heteroatoms. The molecule has 0 saturated heterocycles. The number of aromatic nitrogens is 1. The van der Waals surface area contributed by atoms with Crippen LogP contribution in [0.15, 0.2) is 22.0 Å². The van der Waals surface area contributed by atoms with E-state index in [1.54, 1.807) is 13.8 Å². The summed E-state index contributed by atoms with van der Waals surface area (Å²) >= 11 is 1.95. The van der Waals surface area contributed by atoms with Crippen molar-refractivity contribution >= 4 is 32.4 Å². The highest BCUT2D eigenvalue weighted by Crippen LogP contribution is 2.13. The summed E-state index contributed by atoms with van der Waals surface area (Å²) in [6.07, 6.45) is 1.47. The number of H-pyrrole nitrogens is 1. The van der Waals surface area contributed by atoms with Crippen LogP contribution >= 0.6 is 22.6 Å². The van der Waals surface area contributed by atoms with Crippen molar-refractivity contribution in [3.63, 3.8) is 0 Å². The quantitative estimate of drug-likeness (QED) is 0.829. The predicted molar refractivity (Wildman–Crippen MR) is 62.1 cm³/mol. The molecule has 0 spiro atoms. The summed E-state index contributed by atoms with van der Waals surface area (Å²) in [6, 6.07) is 1.38. The molecule has 1 N–H and O–H groups in total. The highest BCUT2D eigenvalue weighted by atomic mass is 127. The van der Waals surface area contributed by atoms with Crippen LogP contribution in [-0.4, -0.2) is 18.7 Å². The fourth-order valence-electron chi connectivity index (χ4n) is 0.903. The van der Waals surface area contributed by atoms with Gasteiger partial charge in [-0.3, -0.25) is 4.79 Å². The molecule has 0 saturated carbocycles. The molecule has 0 aromatic carbocycles. The maximum absolute atomic E-state index is 11.7. The van der Waals surface area contributed by atoms with Crippen molar-refractivity contribution in [1.82, 2.24) is 4.98 Å². The average molecular weight is 327 g/mol. The number of sulfone groups is 1. The highest BCUT2D eigenvalue weighted by Gasteiger charge is 2.22. The van der Waals surface area contributed by atoms with Crippen molar-refractivity contribution in [2.75, 3.05) is 0 Å². The minimum Gasteiger partial charge on any atom is -0.327 e. The van der Waals surface area contributed by atoms with E-state index in [0.29, 0.717) is 3.57 Å². The SMILES string of the molecule is CC(C)S(=O)(=O)c1cc(I)c[nH]c1=O. The first-order valence-electron chi connectivity index (χ1n) is 3.98. The molecule has 4 nitrogen and oxygen atoms in total. The summed E-state index contributed by atoms with van der Waals surface area (Å²) in [7, 11) is -3.48. The van der Waals surface area contributed by atoms with Crippen molar-refractivity contribution in [1.29, 1.82) is 0 Å². The topological polar surface area (TPSA) is 67.0 Å². The lowest BCUT2D eigenvalue weighted by atomic mass is 10.5. The molecule has 1 heterocycles. The molecular formula is C8H10INO3S. The second-order valence-electron chi connectivity index (χ2n) is 3.11. The number of rotatable bonds is 2. The average Bonchev–Trinajstić information content (AvgIpc) is 2.08. The fourth-order valence-corrected chi connectivity index (χ4v) is 2.70. The van der Waals surface area contributed by atoms with Gasteiger partial charge in [-0.05, 0) is 42.5 Å². The zero-order valence-electron chi connectivity index (χ0n) is 7.74. The van der Waals surface area contributed by atoms with E-state index in [9.17, 15) is 13.2 Å². The first kappa shape index (κ1) is 11.7. The van der Waals surface area contributed by atoms with Gasteiger partial charge in [-0.25, -0.2) is 8.42 Å². The fraction of sp³-hybridized carbons (Fsp3) is 0.375. The third-order valence-corrected chi connectivity index (χ3v) is 4.54. The number of hydrogen-bond acceptors (Lipinski definition) is 3. The van der Waals surface area contributed by atoms with Gasteiger partial charge in [-0.2, -0.15) is 0 Å². The third kappa shape index (κ3) is 2.17. The zero-order valence-corrected chi connectivity index (χ0v) is 10.7. The Balaban J connectivity index is 3.48. The lowest BCUT2D eigenvalue weighted by Crippen LogP contribution is -2.23. The summed E-state index contributed by atoms with van der Waals surface area (Å²) < 4.78 is 24.1. The molecule has 1 rings (SSSR count). The Hall–Kier alpha value is -0.370. The van der Waals surface area contributed by atoms with Crippen molar-refractivity contribution in [2.45, 2.75) is 24.0 Å². The van der Waals surface area contributed by atoms with Gasteiger partial charge < -0.3 is 4.98 Å². The summed E-state index contributed by atoms with van der Waals surface area (Å²) in [5.74, 6) is 0. The lowest BCUT2D eigenvalue weighted by molar-refractivity contribution is 0.586. The van der Waals surface area contributed by atoms with E-state index in [1.165, 1.54) is 12.3 Å².